The Labute approximate surface area is 240 Å². The van der Waals surface area contributed by atoms with E-state index in [1.54, 1.807) is 23.0 Å². The fourth-order valence-electron chi connectivity index (χ4n) is 5.36. The molecule has 6 rings (SSSR count). The molecule has 0 saturated carbocycles. The molecule has 11 heteroatoms. The van der Waals surface area contributed by atoms with Crippen molar-refractivity contribution in [2.75, 3.05) is 13.1 Å². The van der Waals surface area contributed by atoms with Crippen LogP contribution in [0.25, 0.3) is 16.6 Å². The predicted molar refractivity (Wildman–Crippen MR) is 151 cm³/mol. The van der Waals surface area contributed by atoms with Gasteiger partial charge in [-0.3, -0.25) is 14.6 Å². The molecule has 0 aliphatic carbocycles. The Kier molecular flexibility index (Phi) is 7.38. The number of hydrogen-bond acceptors (Lipinski definition) is 8. The van der Waals surface area contributed by atoms with E-state index in [4.69, 9.17) is 5.10 Å². The van der Waals surface area contributed by atoms with Gasteiger partial charge in [-0.15, -0.1) is 0 Å². The van der Waals surface area contributed by atoms with Gasteiger partial charge in [0, 0.05) is 53.4 Å². The van der Waals surface area contributed by atoms with Crippen LogP contribution >= 0.6 is 11.8 Å². The number of hydrogen-bond donors (Lipinski definition) is 1. The van der Waals surface area contributed by atoms with Crippen LogP contribution in [0.2, 0.25) is 0 Å². The van der Waals surface area contributed by atoms with Crippen molar-refractivity contribution in [2.24, 2.45) is 0 Å². The van der Waals surface area contributed by atoms with Crippen LogP contribution in [-0.4, -0.2) is 52.5 Å². The van der Waals surface area contributed by atoms with Crippen molar-refractivity contribution in [3.05, 3.63) is 90.2 Å². The normalized spacial score (nSPS) is 14.9. The molecule has 0 amide bonds. The number of fused-ring (bicyclic) bond motifs is 1. The molecule has 0 aromatic carbocycles. The van der Waals surface area contributed by atoms with E-state index >= 15 is 0 Å². The quantitative estimate of drug-likeness (QED) is 0.282. The molecule has 1 N–H and O–H groups in total. The maximum atomic E-state index is 14.5. The Morgan fingerprint density at radius 2 is 1.93 bits per heavy atom. The van der Waals surface area contributed by atoms with Crippen molar-refractivity contribution in [1.29, 1.82) is 5.26 Å². The lowest BCUT2D eigenvalue weighted by Crippen LogP contribution is -2.37. The van der Waals surface area contributed by atoms with E-state index in [0.717, 1.165) is 48.4 Å². The van der Waals surface area contributed by atoms with Gasteiger partial charge in [0.15, 0.2) is 5.82 Å². The largest absolute Gasteiger partial charge is 0.462 e. The molecule has 1 fully saturated rings. The minimum atomic E-state index is -0.426. The van der Waals surface area contributed by atoms with E-state index < -0.39 is 5.82 Å². The lowest BCUT2D eigenvalue weighted by molar-refractivity contribution is 0.153. The third-order valence-electron chi connectivity index (χ3n) is 7.36. The summed E-state index contributed by atoms with van der Waals surface area (Å²) in [6.07, 6.45) is 12.3. The van der Waals surface area contributed by atoms with Gasteiger partial charge in [-0.1, -0.05) is 17.8 Å². The van der Waals surface area contributed by atoms with Gasteiger partial charge in [0.1, 0.15) is 23.2 Å². The summed E-state index contributed by atoms with van der Waals surface area (Å²) in [6, 6.07) is 12.7. The maximum Gasteiger partial charge on any atom is 0.155 e. The summed E-state index contributed by atoms with van der Waals surface area (Å²) in [5.74, 6) is 2.47. The molecular weight excluding hydrogens is 539 g/mol. The predicted octanol–water partition coefficient (Wildman–Crippen LogP) is 5.17. The second-order valence-electron chi connectivity index (χ2n) is 9.72. The zero-order valence-corrected chi connectivity index (χ0v) is 23.0. The first-order valence-electron chi connectivity index (χ1n) is 13.1. The van der Waals surface area contributed by atoms with E-state index in [9.17, 15) is 14.8 Å². The molecule has 0 spiro atoms. The van der Waals surface area contributed by atoms with Crippen molar-refractivity contribution in [2.45, 2.75) is 41.8 Å². The SMILES string of the molecule is Cc1c(-c2cc(Sc3ncccc3F)c3c(C#N)cnn3c2)cnn1C1CCN(C(C#CO)c2ccccn2)CC1. The van der Waals surface area contributed by atoms with Gasteiger partial charge in [0.25, 0.3) is 0 Å². The Balaban J connectivity index is 1.28. The average Bonchev–Trinajstić information content (AvgIpc) is 3.61. The number of aromatic nitrogens is 6. The molecule has 0 radical (unpaired) electrons. The highest BCUT2D eigenvalue weighted by molar-refractivity contribution is 7.99. The van der Waals surface area contributed by atoms with Crippen LogP contribution in [0.3, 0.4) is 0 Å². The summed E-state index contributed by atoms with van der Waals surface area (Å²) in [6.45, 7) is 3.60. The smallest absolute Gasteiger partial charge is 0.155 e. The van der Waals surface area contributed by atoms with Gasteiger partial charge in [0.2, 0.25) is 0 Å². The van der Waals surface area contributed by atoms with E-state index in [2.05, 4.69) is 42.7 Å². The first-order chi connectivity index (χ1) is 20.1. The molecule has 5 aromatic heterocycles. The molecule has 41 heavy (non-hydrogen) atoms. The summed E-state index contributed by atoms with van der Waals surface area (Å²) in [4.78, 5) is 11.5. The summed E-state index contributed by atoms with van der Waals surface area (Å²) < 4.78 is 18.2. The molecule has 0 bridgehead atoms. The van der Waals surface area contributed by atoms with Gasteiger partial charge in [-0.05, 0) is 56.0 Å². The van der Waals surface area contributed by atoms with Gasteiger partial charge in [-0.2, -0.15) is 15.5 Å². The molecule has 5 aromatic rings. The second kappa shape index (κ2) is 11.4. The summed E-state index contributed by atoms with van der Waals surface area (Å²) in [5, 5.41) is 28.4. The Hall–Kier alpha value is -4.71. The number of halogens is 1. The van der Waals surface area contributed by atoms with Gasteiger partial charge in [0.05, 0.1) is 35.2 Å². The van der Waals surface area contributed by atoms with Crippen LogP contribution in [0.4, 0.5) is 4.39 Å². The van der Waals surface area contributed by atoms with Crippen molar-refractivity contribution in [3.8, 4) is 29.2 Å². The number of aliphatic hydroxyl groups excluding tert-OH is 1. The first kappa shape index (κ1) is 26.5. The van der Waals surface area contributed by atoms with Gasteiger partial charge in [-0.25, -0.2) is 13.9 Å². The lowest BCUT2D eigenvalue weighted by Gasteiger charge is -2.35. The molecular formula is C30H25FN8OS. The minimum absolute atomic E-state index is 0.196. The number of piperidine rings is 1. The molecule has 9 nitrogen and oxygen atoms in total. The second-order valence-corrected chi connectivity index (χ2v) is 10.7. The van der Waals surface area contributed by atoms with E-state index in [1.165, 1.54) is 24.0 Å². The van der Waals surface area contributed by atoms with Crippen LogP contribution in [0, 0.1) is 36.1 Å². The van der Waals surface area contributed by atoms with Gasteiger partial charge < -0.3 is 5.11 Å². The number of aliphatic hydroxyl groups is 1. The fraction of sp³-hybridized carbons (Fsp3) is 0.233. The summed E-state index contributed by atoms with van der Waals surface area (Å²) in [5.41, 5.74) is 4.63. The molecule has 204 valence electrons. The highest BCUT2D eigenvalue weighted by atomic mass is 32.2. The third-order valence-corrected chi connectivity index (χ3v) is 8.39. The molecule has 1 aliphatic rings. The van der Waals surface area contributed by atoms with Gasteiger partial charge >= 0.3 is 0 Å². The average molecular weight is 565 g/mol. The number of likely N-dealkylation sites (tertiary alicyclic amines) is 1. The highest BCUT2D eigenvalue weighted by Crippen LogP contribution is 2.37. The van der Waals surface area contributed by atoms with Crippen LogP contribution in [-0.2, 0) is 0 Å². The monoisotopic (exact) mass is 564 g/mol. The molecule has 1 aliphatic heterocycles. The van der Waals surface area contributed by atoms with Crippen molar-refractivity contribution in [1.82, 2.24) is 34.3 Å². The molecule has 1 atom stereocenters. The van der Waals surface area contributed by atoms with Crippen LogP contribution in [0.15, 0.2) is 77.3 Å². The van der Waals surface area contributed by atoms with E-state index in [1.807, 2.05) is 43.6 Å². The Bertz CT molecular complexity index is 1810. The summed E-state index contributed by atoms with van der Waals surface area (Å²) in [7, 11) is 0. The van der Waals surface area contributed by atoms with E-state index in [-0.39, 0.29) is 17.1 Å². The van der Waals surface area contributed by atoms with Crippen LogP contribution < -0.4 is 0 Å². The third kappa shape index (κ3) is 5.13. The number of nitriles is 1. The lowest BCUT2D eigenvalue weighted by atomic mass is 10.0. The summed E-state index contributed by atoms with van der Waals surface area (Å²) >= 11 is 1.17. The van der Waals surface area contributed by atoms with Crippen molar-refractivity contribution in [3.63, 3.8) is 0 Å². The van der Waals surface area contributed by atoms with Crippen LogP contribution in [0.5, 0.6) is 0 Å². The number of rotatable bonds is 6. The minimum Gasteiger partial charge on any atom is -0.462 e. The van der Waals surface area contributed by atoms with Crippen molar-refractivity contribution < 1.29 is 9.50 Å². The fourth-order valence-corrected chi connectivity index (χ4v) is 6.33. The Morgan fingerprint density at radius 1 is 1.10 bits per heavy atom. The number of pyridine rings is 3. The van der Waals surface area contributed by atoms with Crippen LogP contribution in [0.1, 0.15) is 41.9 Å². The number of nitrogens with zero attached hydrogens (tertiary/aromatic N) is 8. The van der Waals surface area contributed by atoms with E-state index in [0.29, 0.717) is 16.0 Å². The zero-order valence-electron chi connectivity index (χ0n) is 22.1. The molecule has 1 unspecified atom stereocenters. The van der Waals surface area contributed by atoms with Crippen molar-refractivity contribution >= 4 is 17.3 Å². The first-order valence-corrected chi connectivity index (χ1v) is 13.9. The standard InChI is InChI=1S/C30H25FN8OS/c1-20-24(18-36-39(20)23-7-12-37(13-8-23)27(9-14-40)26-6-2-3-10-33-26)21-15-28(41-30-25(31)5-4-11-34-30)29-22(16-32)17-35-38(29)19-21/h2-6,10-11,15,17-19,23,27,40H,7-8,12-13H2,1H3. The highest BCUT2D eigenvalue weighted by Gasteiger charge is 2.28. The molecule has 6 heterocycles. The maximum absolute atomic E-state index is 14.5. The molecule has 1 saturated heterocycles. The topological polar surface area (TPSA) is 108 Å². The zero-order chi connectivity index (χ0) is 28.3. The Morgan fingerprint density at radius 3 is 2.66 bits per heavy atom.